The van der Waals surface area contributed by atoms with Crippen molar-refractivity contribution in [1.82, 2.24) is 9.97 Å². The van der Waals surface area contributed by atoms with Crippen LogP contribution in [0.4, 0.5) is 5.82 Å². The van der Waals surface area contributed by atoms with Gasteiger partial charge in [-0.1, -0.05) is 23.8 Å². The van der Waals surface area contributed by atoms with Gasteiger partial charge in [-0.25, -0.2) is 9.97 Å². The number of anilines is 1. The van der Waals surface area contributed by atoms with Crippen molar-refractivity contribution in [2.75, 3.05) is 11.9 Å². The van der Waals surface area contributed by atoms with Crippen LogP contribution in [0.1, 0.15) is 12.5 Å². The standard InChI is InChI=1S/C15H15N3S/c1-3-16-14-12-7-8-19-15(12)18-13(17-14)11-6-4-5-10(2)9-11/h4-9H,3H2,1-2H3,(H,16,17,18). The highest BCUT2D eigenvalue weighted by Crippen LogP contribution is 2.28. The molecule has 0 bridgehead atoms. The summed E-state index contributed by atoms with van der Waals surface area (Å²) >= 11 is 1.65. The Hall–Kier alpha value is -1.94. The fourth-order valence-electron chi connectivity index (χ4n) is 2.07. The summed E-state index contributed by atoms with van der Waals surface area (Å²) in [6.07, 6.45) is 0. The first-order chi connectivity index (χ1) is 9.28. The molecular formula is C15H15N3S. The Bertz CT molecular complexity index is 718. The number of hydrogen-bond acceptors (Lipinski definition) is 4. The van der Waals surface area contributed by atoms with E-state index in [9.17, 15) is 0 Å². The highest BCUT2D eigenvalue weighted by molar-refractivity contribution is 7.16. The lowest BCUT2D eigenvalue weighted by Gasteiger charge is -2.07. The molecule has 0 atom stereocenters. The molecule has 0 saturated heterocycles. The normalized spacial score (nSPS) is 10.8. The molecule has 0 aliphatic heterocycles. The van der Waals surface area contributed by atoms with E-state index in [2.05, 4.69) is 58.8 Å². The van der Waals surface area contributed by atoms with Gasteiger partial charge in [-0.15, -0.1) is 11.3 Å². The highest BCUT2D eigenvalue weighted by atomic mass is 32.1. The van der Waals surface area contributed by atoms with E-state index in [1.165, 1.54) is 5.56 Å². The van der Waals surface area contributed by atoms with Crippen LogP contribution in [-0.2, 0) is 0 Å². The molecule has 0 amide bonds. The lowest BCUT2D eigenvalue weighted by Crippen LogP contribution is -2.01. The van der Waals surface area contributed by atoms with Gasteiger partial charge in [0.25, 0.3) is 0 Å². The molecule has 0 aliphatic rings. The zero-order chi connectivity index (χ0) is 13.2. The number of fused-ring (bicyclic) bond motifs is 1. The summed E-state index contributed by atoms with van der Waals surface area (Å²) in [5.74, 6) is 1.71. The van der Waals surface area contributed by atoms with Gasteiger partial charge in [0.05, 0.1) is 5.39 Å². The molecule has 19 heavy (non-hydrogen) atoms. The number of aryl methyl sites for hydroxylation is 1. The van der Waals surface area contributed by atoms with Gasteiger partial charge in [0, 0.05) is 12.1 Å². The summed E-state index contributed by atoms with van der Waals surface area (Å²) in [5, 5.41) is 6.47. The minimum atomic E-state index is 0.787. The maximum Gasteiger partial charge on any atom is 0.163 e. The molecule has 3 nitrogen and oxygen atoms in total. The zero-order valence-corrected chi connectivity index (χ0v) is 11.8. The van der Waals surface area contributed by atoms with Crippen LogP contribution >= 0.6 is 11.3 Å². The summed E-state index contributed by atoms with van der Waals surface area (Å²) in [4.78, 5) is 10.3. The maximum absolute atomic E-state index is 4.66. The Morgan fingerprint density at radius 1 is 1.21 bits per heavy atom. The van der Waals surface area contributed by atoms with E-state index < -0.39 is 0 Å². The number of nitrogens with zero attached hydrogens (tertiary/aromatic N) is 2. The van der Waals surface area contributed by atoms with Gasteiger partial charge >= 0.3 is 0 Å². The van der Waals surface area contributed by atoms with E-state index in [0.717, 1.165) is 34.0 Å². The second kappa shape index (κ2) is 4.97. The Balaban J connectivity index is 2.18. The van der Waals surface area contributed by atoms with Gasteiger partial charge in [-0.05, 0) is 31.4 Å². The smallest absolute Gasteiger partial charge is 0.163 e. The van der Waals surface area contributed by atoms with E-state index in [-0.39, 0.29) is 0 Å². The molecule has 96 valence electrons. The number of rotatable bonds is 3. The monoisotopic (exact) mass is 269 g/mol. The molecule has 3 rings (SSSR count). The van der Waals surface area contributed by atoms with E-state index >= 15 is 0 Å². The van der Waals surface area contributed by atoms with Crippen molar-refractivity contribution in [3.63, 3.8) is 0 Å². The topological polar surface area (TPSA) is 37.8 Å². The number of aromatic nitrogens is 2. The molecule has 0 aliphatic carbocycles. The van der Waals surface area contributed by atoms with E-state index in [0.29, 0.717) is 0 Å². The highest BCUT2D eigenvalue weighted by Gasteiger charge is 2.09. The molecule has 4 heteroatoms. The number of thiophene rings is 1. The first kappa shape index (κ1) is 12.1. The number of nitrogens with one attached hydrogen (secondary N) is 1. The van der Waals surface area contributed by atoms with Crippen molar-refractivity contribution in [3.05, 3.63) is 41.3 Å². The second-order valence-corrected chi connectivity index (χ2v) is 5.33. The van der Waals surface area contributed by atoms with Crippen molar-refractivity contribution < 1.29 is 0 Å². The van der Waals surface area contributed by atoms with E-state index in [4.69, 9.17) is 0 Å². The third-order valence-electron chi connectivity index (χ3n) is 2.95. The van der Waals surface area contributed by atoms with Gasteiger partial charge in [-0.3, -0.25) is 0 Å². The van der Waals surface area contributed by atoms with Crippen LogP contribution in [0, 0.1) is 6.92 Å². The molecule has 0 radical (unpaired) electrons. The minimum absolute atomic E-state index is 0.787. The van der Waals surface area contributed by atoms with Crippen molar-refractivity contribution in [2.45, 2.75) is 13.8 Å². The zero-order valence-electron chi connectivity index (χ0n) is 11.0. The molecule has 0 spiro atoms. The molecule has 1 N–H and O–H groups in total. The average molecular weight is 269 g/mol. The van der Waals surface area contributed by atoms with Gasteiger partial charge in [0.2, 0.25) is 0 Å². The average Bonchev–Trinajstić information content (AvgIpc) is 2.87. The van der Waals surface area contributed by atoms with Crippen LogP contribution < -0.4 is 5.32 Å². The molecular weight excluding hydrogens is 254 g/mol. The third-order valence-corrected chi connectivity index (χ3v) is 3.75. The van der Waals surface area contributed by atoms with Gasteiger partial charge in [0.15, 0.2) is 5.82 Å². The van der Waals surface area contributed by atoms with Crippen LogP contribution in [0.2, 0.25) is 0 Å². The summed E-state index contributed by atoms with van der Waals surface area (Å²) in [6, 6.07) is 10.4. The van der Waals surface area contributed by atoms with Crippen molar-refractivity contribution in [2.24, 2.45) is 0 Å². The lowest BCUT2D eigenvalue weighted by molar-refractivity contribution is 1.15. The summed E-state index contributed by atoms with van der Waals surface area (Å²) in [6.45, 7) is 5.01. The predicted molar refractivity (Wildman–Crippen MR) is 81.8 cm³/mol. The van der Waals surface area contributed by atoms with Gasteiger partial charge < -0.3 is 5.32 Å². The fourth-order valence-corrected chi connectivity index (χ4v) is 2.83. The van der Waals surface area contributed by atoms with Crippen LogP contribution in [0.3, 0.4) is 0 Å². The van der Waals surface area contributed by atoms with E-state index in [1.54, 1.807) is 11.3 Å². The largest absolute Gasteiger partial charge is 0.370 e. The van der Waals surface area contributed by atoms with Crippen molar-refractivity contribution >= 4 is 27.4 Å². The van der Waals surface area contributed by atoms with Crippen LogP contribution in [0.15, 0.2) is 35.7 Å². The number of hydrogen-bond donors (Lipinski definition) is 1. The van der Waals surface area contributed by atoms with Crippen molar-refractivity contribution in [3.8, 4) is 11.4 Å². The van der Waals surface area contributed by atoms with Crippen LogP contribution in [0.25, 0.3) is 21.6 Å². The molecule has 0 saturated carbocycles. The molecule has 0 fully saturated rings. The first-order valence-corrected chi connectivity index (χ1v) is 7.22. The second-order valence-electron chi connectivity index (χ2n) is 4.44. The Kier molecular flexibility index (Phi) is 3.17. The Morgan fingerprint density at radius 2 is 2.11 bits per heavy atom. The molecule has 2 heterocycles. The van der Waals surface area contributed by atoms with E-state index in [1.807, 2.05) is 6.07 Å². The summed E-state index contributed by atoms with van der Waals surface area (Å²) in [7, 11) is 0. The van der Waals surface area contributed by atoms with Gasteiger partial charge in [-0.2, -0.15) is 0 Å². The van der Waals surface area contributed by atoms with Crippen molar-refractivity contribution in [1.29, 1.82) is 0 Å². The first-order valence-electron chi connectivity index (χ1n) is 6.34. The van der Waals surface area contributed by atoms with Crippen LogP contribution in [-0.4, -0.2) is 16.5 Å². The minimum Gasteiger partial charge on any atom is -0.370 e. The predicted octanol–water partition coefficient (Wildman–Crippen LogP) is 4.10. The quantitative estimate of drug-likeness (QED) is 0.778. The third kappa shape index (κ3) is 2.31. The molecule has 2 aromatic heterocycles. The summed E-state index contributed by atoms with van der Waals surface area (Å²) < 4.78 is 0. The van der Waals surface area contributed by atoms with Gasteiger partial charge in [0.1, 0.15) is 10.6 Å². The Morgan fingerprint density at radius 3 is 2.89 bits per heavy atom. The van der Waals surface area contributed by atoms with Crippen LogP contribution in [0.5, 0.6) is 0 Å². The SMILES string of the molecule is CCNc1nc(-c2cccc(C)c2)nc2sccc12. The number of benzene rings is 1. The lowest BCUT2D eigenvalue weighted by atomic mass is 10.1. The summed E-state index contributed by atoms with van der Waals surface area (Å²) in [5.41, 5.74) is 2.28. The fraction of sp³-hybridized carbons (Fsp3) is 0.200. The molecule has 0 unspecified atom stereocenters. The maximum atomic E-state index is 4.66. The molecule has 3 aromatic rings. The Labute approximate surface area is 116 Å². The molecule has 1 aromatic carbocycles.